The second-order valence-corrected chi connectivity index (χ2v) is 1.85. The first kappa shape index (κ1) is 11.7. The van der Waals surface area contributed by atoms with Crippen molar-refractivity contribution in [3.63, 3.8) is 0 Å². The standard InChI is InChI=1S/C6H14O.Na.H/c1-3-5-6(7)4-2;;/h6-7H,3-5H2,1-2H3;;/q;+1;-1. The molecule has 2 heteroatoms. The Labute approximate surface area is 75.3 Å². The first-order valence-corrected chi connectivity index (χ1v) is 2.99. The first-order chi connectivity index (χ1) is 3.31. The average molecular weight is 126 g/mol. The van der Waals surface area contributed by atoms with Gasteiger partial charge in [0, 0.05) is 0 Å². The second-order valence-electron chi connectivity index (χ2n) is 1.85. The minimum absolute atomic E-state index is 0. The zero-order valence-corrected chi connectivity index (χ0v) is 8.15. The van der Waals surface area contributed by atoms with Crippen molar-refractivity contribution in [1.29, 1.82) is 0 Å². The molecule has 0 saturated heterocycles. The fourth-order valence-corrected chi connectivity index (χ4v) is 0.537. The molecule has 1 N–H and O–H groups in total. The summed E-state index contributed by atoms with van der Waals surface area (Å²) < 4.78 is 0. The molecule has 0 radical (unpaired) electrons. The summed E-state index contributed by atoms with van der Waals surface area (Å²) in [7, 11) is 0. The maximum Gasteiger partial charge on any atom is 1.00 e. The molecule has 0 fully saturated rings. The van der Waals surface area contributed by atoms with Crippen LogP contribution in [0.5, 0.6) is 0 Å². The molecule has 0 bridgehead atoms. The Kier molecular flexibility index (Phi) is 11.7. The Morgan fingerprint density at radius 3 is 2.12 bits per heavy atom. The first-order valence-electron chi connectivity index (χ1n) is 2.99. The van der Waals surface area contributed by atoms with E-state index in [9.17, 15) is 0 Å². The Morgan fingerprint density at radius 2 is 2.00 bits per heavy atom. The summed E-state index contributed by atoms with van der Waals surface area (Å²) in [6.45, 7) is 4.08. The summed E-state index contributed by atoms with van der Waals surface area (Å²) in [6.07, 6.45) is 2.89. The molecule has 0 spiro atoms. The van der Waals surface area contributed by atoms with E-state index in [1.54, 1.807) is 0 Å². The molecule has 1 unspecified atom stereocenters. The molecule has 1 atom stereocenters. The van der Waals surface area contributed by atoms with Crippen LogP contribution < -0.4 is 29.6 Å². The molecule has 0 aromatic rings. The van der Waals surface area contributed by atoms with Crippen molar-refractivity contribution in [3.05, 3.63) is 0 Å². The Bertz CT molecular complexity index is 44.0. The van der Waals surface area contributed by atoms with Crippen LogP contribution in [-0.4, -0.2) is 11.2 Å². The number of hydrogen-bond acceptors (Lipinski definition) is 1. The van der Waals surface area contributed by atoms with Crippen LogP contribution in [0.2, 0.25) is 0 Å². The van der Waals surface area contributed by atoms with Crippen LogP contribution in [0.3, 0.4) is 0 Å². The number of hydrogen-bond donors (Lipinski definition) is 1. The third-order valence-electron chi connectivity index (χ3n) is 1.09. The maximum atomic E-state index is 8.86. The van der Waals surface area contributed by atoms with Crippen LogP contribution in [0, 0.1) is 0 Å². The van der Waals surface area contributed by atoms with Gasteiger partial charge in [-0.3, -0.25) is 0 Å². The SMILES string of the molecule is CCCC(O)CC.[H-].[Na+]. The maximum absolute atomic E-state index is 8.86. The van der Waals surface area contributed by atoms with E-state index in [1.807, 2.05) is 6.92 Å². The molecule has 0 amide bonds. The van der Waals surface area contributed by atoms with Gasteiger partial charge >= 0.3 is 29.6 Å². The second kappa shape index (κ2) is 7.96. The quantitative estimate of drug-likeness (QED) is 0.465. The van der Waals surface area contributed by atoms with E-state index in [2.05, 4.69) is 6.92 Å². The minimum Gasteiger partial charge on any atom is -1.00 e. The molecular weight excluding hydrogens is 111 g/mol. The minimum atomic E-state index is -0.0509. The van der Waals surface area contributed by atoms with Crippen LogP contribution in [-0.2, 0) is 0 Å². The zero-order chi connectivity index (χ0) is 5.70. The van der Waals surface area contributed by atoms with Gasteiger partial charge in [0.1, 0.15) is 0 Å². The van der Waals surface area contributed by atoms with Gasteiger partial charge in [0.05, 0.1) is 6.10 Å². The van der Waals surface area contributed by atoms with E-state index < -0.39 is 0 Å². The molecule has 8 heavy (non-hydrogen) atoms. The van der Waals surface area contributed by atoms with Crippen LogP contribution in [0.1, 0.15) is 34.5 Å². The molecular formula is C6H15NaO. The summed E-state index contributed by atoms with van der Waals surface area (Å²) in [4.78, 5) is 0. The summed E-state index contributed by atoms with van der Waals surface area (Å²) in [5.74, 6) is 0. The van der Waals surface area contributed by atoms with E-state index in [-0.39, 0.29) is 37.1 Å². The Balaban J connectivity index is -0.000000180. The van der Waals surface area contributed by atoms with E-state index in [0.717, 1.165) is 19.3 Å². The summed E-state index contributed by atoms with van der Waals surface area (Å²) in [5.41, 5.74) is 0. The molecule has 0 aliphatic carbocycles. The average Bonchev–Trinajstić information content (AvgIpc) is 1.68. The molecule has 0 aromatic heterocycles. The number of aliphatic hydroxyl groups excluding tert-OH is 1. The largest absolute Gasteiger partial charge is 1.00 e. The molecule has 0 rings (SSSR count). The molecule has 0 saturated carbocycles. The predicted molar refractivity (Wildman–Crippen MR) is 32.3 cm³/mol. The molecule has 46 valence electrons. The smallest absolute Gasteiger partial charge is 1.00 e. The topological polar surface area (TPSA) is 20.2 Å². The molecule has 0 heterocycles. The van der Waals surface area contributed by atoms with Gasteiger partial charge < -0.3 is 6.53 Å². The summed E-state index contributed by atoms with van der Waals surface area (Å²) in [6, 6.07) is 0. The number of aliphatic hydroxyl groups is 1. The van der Waals surface area contributed by atoms with E-state index in [1.165, 1.54) is 0 Å². The van der Waals surface area contributed by atoms with Crippen molar-refractivity contribution in [1.82, 2.24) is 0 Å². The van der Waals surface area contributed by atoms with E-state index in [0.29, 0.717) is 0 Å². The van der Waals surface area contributed by atoms with Crippen molar-refractivity contribution in [2.45, 2.75) is 39.2 Å². The molecule has 0 aliphatic heterocycles. The monoisotopic (exact) mass is 126 g/mol. The van der Waals surface area contributed by atoms with Crippen LogP contribution in [0.25, 0.3) is 0 Å². The van der Waals surface area contributed by atoms with E-state index >= 15 is 0 Å². The van der Waals surface area contributed by atoms with Crippen molar-refractivity contribution in [3.8, 4) is 0 Å². The number of rotatable bonds is 3. The normalized spacial score (nSPS) is 12.4. The van der Waals surface area contributed by atoms with Gasteiger partial charge in [0.25, 0.3) is 0 Å². The van der Waals surface area contributed by atoms with Crippen molar-refractivity contribution < 1.29 is 36.1 Å². The van der Waals surface area contributed by atoms with E-state index in [4.69, 9.17) is 5.11 Å². The molecule has 0 aliphatic rings. The van der Waals surface area contributed by atoms with Gasteiger partial charge in [-0.1, -0.05) is 20.3 Å². The van der Waals surface area contributed by atoms with Gasteiger partial charge in [0.2, 0.25) is 0 Å². The summed E-state index contributed by atoms with van der Waals surface area (Å²) >= 11 is 0. The van der Waals surface area contributed by atoms with Gasteiger partial charge in [-0.2, -0.15) is 0 Å². The van der Waals surface area contributed by atoms with Gasteiger partial charge in [0.15, 0.2) is 0 Å². The molecule has 1 nitrogen and oxygen atoms in total. The van der Waals surface area contributed by atoms with Crippen LogP contribution in [0.4, 0.5) is 0 Å². The van der Waals surface area contributed by atoms with Crippen LogP contribution in [0.15, 0.2) is 0 Å². The fraction of sp³-hybridized carbons (Fsp3) is 1.00. The Morgan fingerprint density at radius 1 is 1.50 bits per heavy atom. The fourth-order valence-electron chi connectivity index (χ4n) is 0.537. The van der Waals surface area contributed by atoms with Crippen molar-refractivity contribution >= 4 is 0 Å². The third-order valence-corrected chi connectivity index (χ3v) is 1.09. The van der Waals surface area contributed by atoms with Gasteiger partial charge in [-0.15, -0.1) is 0 Å². The predicted octanol–water partition coefficient (Wildman–Crippen LogP) is -1.33. The van der Waals surface area contributed by atoms with Crippen molar-refractivity contribution in [2.75, 3.05) is 0 Å². The Hall–Kier alpha value is 0.960. The van der Waals surface area contributed by atoms with Crippen molar-refractivity contribution in [2.24, 2.45) is 0 Å². The van der Waals surface area contributed by atoms with Gasteiger partial charge in [-0.25, -0.2) is 0 Å². The third kappa shape index (κ3) is 6.96. The summed E-state index contributed by atoms with van der Waals surface area (Å²) in [5, 5.41) is 8.86. The van der Waals surface area contributed by atoms with Crippen LogP contribution >= 0.6 is 0 Å². The molecule has 0 aromatic carbocycles. The van der Waals surface area contributed by atoms with Gasteiger partial charge in [-0.05, 0) is 12.8 Å². The zero-order valence-electron chi connectivity index (χ0n) is 7.15.